The number of benzene rings is 2. The van der Waals surface area contributed by atoms with Gasteiger partial charge in [0.2, 0.25) is 5.91 Å². The molecule has 2 fully saturated rings. The Morgan fingerprint density at radius 3 is 2.65 bits per heavy atom. The second kappa shape index (κ2) is 12.7. The van der Waals surface area contributed by atoms with E-state index >= 15 is 0 Å². The third-order valence-electron chi connectivity index (χ3n) is 10.1. The fraction of sp³-hybridized carbons (Fsp3) is 0.457. The standard InChI is InChI=1S/C35H38BrN5O5/c1-21-16-31(38-37-17-21)39-14-12-23(19-39)46-30-11-10-28(36)27-13-15-41(34(43)25-8-4-5-9-26(25)35(44)45)29(32(27)30)20-40-18-22-6-2-3-7-24(22)33(40)42/h2-3,6-7,10-11,16-17,23,25-26,29H,4-5,8-9,12-15,18-20H2,1H3,(H,44,45)/t23?,25?,26?,29-/m1/s1. The molecule has 4 heterocycles. The Morgan fingerprint density at radius 1 is 1.07 bits per heavy atom. The molecule has 1 saturated carbocycles. The second-order valence-electron chi connectivity index (χ2n) is 13.0. The van der Waals surface area contributed by atoms with E-state index in [1.54, 1.807) is 6.20 Å². The van der Waals surface area contributed by atoms with Gasteiger partial charge in [-0.1, -0.05) is 47.0 Å². The van der Waals surface area contributed by atoms with Crippen LogP contribution >= 0.6 is 15.9 Å². The summed E-state index contributed by atoms with van der Waals surface area (Å²) in [6.45, 7) is 4.63. The van der Waals surface area contributed by atoms with Gasteiger partial charge in [-0.05, 0) is 67.1 Å². The number of carbonyl (C=O) groups excluding carboxylic acids is 2. The van der Waals surface area contributed by atoms with E-state index in [-0.39, 0.29) is 17.9 Å². The van der Waals surface area contributed by atoms with Gasteiger partial charge in [-0.3, -0.25) is 14.4 Å². The van der Waals surface area contributed by atoms with Crippen LogP contribution in [0.5, 0.6) is 5.75 Å². The number of ether oxygens (including phenoxy) is 1. The minimum Gasteiger partial charge on any atom is -0.488 e. The number of hydrogen-bond donors (Lipinski definition) is 1. The summed E-state index contributed by atoms with van der Waals surface area (Å²) in [4.78, 5) is 46.1. The number of fused-ring (bicyclic) bond motifs is 2. The van der Waals surface area contributed by atoms with Crippen LogP contribution in [-0.4, -0.2) is 75.2 Å². The molecule has 1 N–H and O–H groups in total. The Balaban J connectivity index is 1.23. The number of nitrogens with zero attached hydrogens (tertiary/aromatic N) is 5. The minimum atomic E-state index is -0.909. The zero-order valence-electron chi connectivity index (χ0n) is 25.9. The van der Waals surface area contributed by atoms with E-state index in [9.17, 15) is 19.5 Å². The summed E-state index contributed by atoms with van der Waals surface area (Å²) in [6, 6.07) is 13.1. The van der Waals surface area contributed by atoms with Crippen LogP contribution in [0.1, 0.15) is 70.8 Å². The maximum atomic E-state index is 14.4. The summed E-state index contributed by atoms with van der Waals surface area (Å²) in [5.74, 6) is -0.863. The minimum absolute atomic E-state index is 0.0561. The molecule has 10 nitrogen and oxygen atoms in total. The molecule has 46 heavy (non-hydrogen) atoms. The number of hydrogen-bond acceptors (Lipinski definition) is 7. The highest BCUT2D eigenvalue weighted by atomic mass is 79.9. The quantitative estimate of drug-likeness (QED) is 0.362. The lowest BCUT2D eigenvalue weighted by atomic mass is 9.77. The number of amides is 2. The maximum Gasteiger partial charge on any atom is 0.307 e. The molecule has 2 aromatic carbocycles. The summed E-state index contributed by atoms with van der Waals surface area (Å²) < 4.78 is 7.72. The molecular formula is C35H38BrN5O5. The van der Waals surface area contributed by atoms with Crippen molar-refractivity contribution in [1.82, 2.24) is 20.0 Å². The van der Waals surface area contributed by atoms with Crippen LogP contribution in [0.15, 0.2) is 53.1 Å². The van der Waals surface area contributed by atoms with Crippen LogP contribution in [0.4, 0.5) is 5.82 Å². The van der Waals surface area contributed by atoms with Crippen molar-refractivity contribution in [1.29, 1.82) is 0 Å². The summed E-state index contributed by atoms with van der Waals surface area (Å²) in [7, 11) is 0. The molecular weight excluding hydrogens is 650 g/mol. The van der Waals surface area contributed by atoms with E-state index < -0.39 is 23.8 Å². The van der Waals surface area contributed by atoms with Gasteiger partial charge in [0.25, 0.3) is 5.91 Å². The number of aryl methyl sites for hydroxylation is 1. The van der Waals surface area contributed by atoms with Crippen molar-refractivity contribution >= 4 is 39.5 Å². The molecule has 1 aliphatic carbocycles. The zero-order valence-corrected chi connectivity index (χ0v) is 27.5. The Morgan fingerprint density at radius 2 is 1.87 bits per heavy atom. The van der Waals surface area contributed by atoms with Crippen molar-refractivity contribution in [2.24, 2.45) is 11.8 Å². The van der Waals surface area contributed by atoms with Gasteiger partial charge < -0.3 is 24.5 Å². The van der Waals surface area contributed by atoms with Crippen molar-refractivity contribution in [3.05, 3.63) is 81.0 Å². The highest BCUT2D eigenvalue weighted by molar-refractivity contribution is 9.10. The van der Waals surface area contributed by atoms with Crippen molar-refractivity contribution in [3.8, 4) is 5.75 Å². The third-order valence-corrected chi connectivity index (χ3v) is 10.8. The molecule has 1 aromatic heterocycles. The summed E-state index contributed by atoms with van der Waals surface area (Å²) in [5, 5.41) is 18.5. The topological polar surface area (TPSA) is 116 Å². The molecule has 2 amide bonds. The zero-order chi connectivity index (χ0) is 31.9. The monoisotopic (exact) mass is 687 g/mol. The molecule has 3 aromatic rings. The van der Waals surface area contributed by atoms with E-state index in [0.29, 0.717) is 56.8 Å². The SMILES string of the molecule is Cc1cnnc(N2CCC(Oc3ccc(Br)c4c3[C@@H](CN3Cc5ccccc5C3=O)N(C(=O)C3CCCCC3C(=O)O)CC4)C2)c1. The first-order chi connectivity index (χ1) is 22.3. The molecule has 1 saturated heterocycles. The largest absolute Gasteiger partial charge is 0.488 e. The van der Waals surface area contributed by atoms with Crippen molar-refractivity contribution in [3.63, 3.8) is 0 Å². The molecule has 0 bridgehead atoms. The van der Waals surface area contributed by atoms with Gasteiger partial charge >= 0.3 is 5.97 Å². The van der Waals surface area contributed by atoms with E-state index in [0.717, 1.165) is 58.4 Å². The first kappa shape index (κ1) is 30.7. The van der Waals surface area contributed by atoms with Gasteiger partial charge in [-0.25, -0.2) is 0 Å². The Bertz CT molecular complexity index is 1680. The van der Waals surface area contributed by atoms with E-state index in [1.165, 1.54) is 0 Å². The van der Waals surface area contributed by atoms with Crippen LogP contribution in [0.3, 0.4) is 0 Å². The Labute approximate surface area is 276 Å². The van der Waals surface area contributed by atoms with E-state index in [4.69, 9.17) is 4.74 Å². The van der Waals surface area contributed by atoms with E-state index in [2.05, 4.69) is 31.0 Å². The molecule has 4 aliphatic rings. The second-order valence-corrected chi connectivity index (χ2v) is 13.8. The first-order valence-electron chi connectivity index (χ1n) is 16.2. The van der Waals surface area contributed by atoms with Gasteiger partial charge in [0.15, 0.2) is 5.82 Å². The molecule has 240 valence electrons. The molecule has 4 atom stereocenters. The van der Waals surface area contributed by atoms with Crippen LogP contribution in [-0.2, 0) is 22.6 Å². The Hall–Kier alpha value is -3.99. The molecule has 3 aliphatic heterocycles. The summed E-state index contributed by atoms with van der Waals surface area (Å²) >= 11 is 3.77. The number of aliphatic carboxylic acids is 1. The molecule has 7 rings (SSSR count). The average molecular weight is 689 g/mol. The summed E-state index contributed by atoms with van der Waals surface area (Å²) in [6.07, 6.45) is 5.74. The van der Waals surface area contributed by atoms with Crippen LogP contribution < -0.4 is 9.64 Å². The highest BCUT2D eigenvalue weighted by Crippen LogP contribution is 2.44. The first-order valence-corrected chi connectivity index (χ1v) is 17.0. The van der Waals surface area contributed by atoms with Crippen LogP contribution in [0.25, 0.3) is 0 Å². The number of anilines is 1. The number of carboxylic acids is 1. The average Bonchev–Trinajstić information content (AvgIpc) is 3.66. The molecule has 11 heteroatoms. The third kappa shape index (κ3) is 5.74. The van der Waals surface area contributed by atoms with Gasteiger partial charge in [0.1, 0.15) is 11.9 Å². The maximum absolute atomic E-state index is 14.4. The van der Waals surface area contributed by atoms with Crippen molar-refractivity contribution in [2.75, 3.05) is 31.1 Å². The van der Waals surface area contributed by atoms with Gasteiger partial charge in [0, 0.05) is 48.2 Å². The predicted octanol–water partition coefficient (Wildman–Crippen LogP) is 5.18. The number of rotatable bonds is 7. The number of halogens is 1. The Kier molecular flexibility index (Phi) is 8.44. The lowest BCUT2D eigenvalue weighted by Crippen LogP contribution is -2.50. The smallest absolute Gasteiger partial charge is 0.307 e. The van der Waals surface area contributed by atoms with Crippen molar-refractivity contribution < 1.29 is 24.2 Å². The number of carbonyl (C=O) groups is 3. The van der Waals surface area contributed by atoms with Gasteiger partial charge in [-0.15, -0.1) is 5.10 Å². The normalized spacial score (nSPS) is 24.1. The fourth-order valence-electron chi connectivity index (χ4n) is 7.76. The molecule has 0 radical (unpaired) electrons. The lowest BCUT2D eigenvalue weighted by Gasteiger charge is -2.43. The fourth-order valence-corrected chi connectivity index (χ4v) is 8.30. The van der Waals surface area contributed by atoms with Gasteiger partial charge in [0.05, 0.1) is 30.6 Å². The molecule has 3 unspecified atom stereocenters. The predicted molar refractivity (Wildman–Crippen MR) is 175 cm³/mol. The summed E-state index contributed by atoms with van der Waals surface area (Å²) in [5.41, 5.74) is 4.66. The van der Waals surface area contributed by atoms with Crippen LogP contribution in [0.2, 0.25) is 0 Å². The molecule has 0 spiro atoms. The number of carboxylic acid groups (broad SMARTS) is 1. The van der Waals surface area contributed by atoms with E-state index in [1.807, 2.05) is 59.2 Å². The lowest BCUT2D eigenvalue weighted by molar-refractivity contribution is -0.153. The van der Waals surface area contributed by atoms with Crippen molar-refractivity contribution in [2.45, 2.75) is 64.1 Å². The highest BCUT2D eigenvalue weighted by Gasteiger charge is 2.44. The van der Waals surface area contributed by atoms with Gasteiger partial charge in [-0.2, -0.15) is 5.10 Å². The number of aromatic nitrogens is 2. The van der Waals surface area contributed by atoms with Crippen LogP contribution in [0, 0.1) is 18.8 Å².